The minimum absolute atomic E-state index is 0.803. The predicted molar refractivity (Wildman–Crippen MR) is 53.8 cm³/mol. The Bertz CT molecular complexity index is 248. The zero-order chi connectivity index (χ0) is 9.40. The summed E-state index contributed by atoms with van der Waals surface area (Å²) in [6.45, 7) is 9.43. The van der Waals surface area contributed by atoms with E-state index in [1.807, 2.05) is 26.8 Å². The van der Waals surface area contributed by atoms with Crippen molar-refractivity contribution in [3.63, 3.8) is 0 Å². The van der Waals surface area contributed by atoms with Crippen molar-refractivity contribution >= 4 is 18.2 Å². The SMILES string of the molecule is C=Cn1nccc1/N=C\C.CC. The van der Waals surface area contributed by atoms with E-state index in [2.05, 4.69) is 16.7 Å². The van der Waals surface area contributed by atoms with Crippen molar-refractivity contribution in [3.05, 3.63) is 18.8 Å². The molecule has 0 saturated heterocycles. The van der Waals surface area contributed by atoms with Crippen LogP contribution in [0.2, 0.25) is 0 Å². The quantitative estimate of drug-likeness (QED) is 0.620. The molecule has 1 heterocycles. The first kappa shape index (κ1) is 10.6. The van der Waals surface area contributed by atoms with Gasteiger partial charge in [-0.3, -0.25) is 0 Å². The van der Waals surface area contributed by atoms with E-state index in [0.717, 1.165) is 5.82 Å². The van der Waals surface area contributed by atoms with Gasteiger partial charge in [-0.05, 0) is 6.92 Å². The van der Waals surface area contributed by atoms with E-state index in [1.165, 1.54) is 0 Å². The monoisotopic (exact) mass is 165 g/mol. The molecule has 0 amide bonds. The maximum absolute atomic E-state index is 4.04. The lowest BCUT2D eigenvalue weighted by Crippen LogP contribution is -1.85. The zero-order valence-electron chi connectivity index (χ0n) is 7.86. The molecule has 3 nitrogen and oxygen atoms in total. The highest BCUT2D eigenvalue weighted by Crippen LogP contribution is 2.08. The van der Waals surface area contributed by atoms with Gasteiger partial charge in [0.05, 0.1) is 6.20 Å². The van der Waals surface area contributed by atoms with Crippen molar-refractivity contribution in [3.8, 4) is 0 Å². The van der Waals surface area contributed by atoms with E-state index in [0.29, 0.717) is 0 Å². The lowest BCUT2D eigenvalue weighted by molar-refractivity contribution is 0.935. The molecular weight excluding hydrogens is 150 g/mol. The van der Waals surface area contributed by atoms with Crippen molar-refractivity contribution in [2.75, 3.05) is 0 Å². The first-order valence-corrected chi connectivity index (χ1v) is 4.03. The zero-order valence-corrected chi connectivity index (χ0v) is 7.86. The van der Waals surface area contributed by atoms with E-state index < -0.39 is 0 Å². The van der Waals surface area contributed by atoms with Gasteiger partial charge < -0.3 is 0 Å². The van der Waals surface area contributed by atoms with Crippen LogP contribution in [0.3, 0.4) is 0 Å². The summed E-state index contributed by atoms with van der Waals surface area (Å²) in [4.78, 5) is 4.04. The van der Waals surface area contributed by atoms with E-state index in [9.17, 15) is 0 Å². The van der Waals surface area contributed by atoms with E-state index >= 15 is 0 Å². The van der Waals surface area contributed by atoms with Crippen molar-refractivity contribution < 1.29 is 0 Å². The molecule has 0 aliphatic carbocycles. The van der Waals surface area contributed by atoms with Crippen LogP contribution < -0.4 is 0 Å². The number of aliphatic imine (C=N–C) groups is 1. The molecule has 0 bridgehead atoms. The van der Waals surface area contributed by atoms with Crippen LogP contribution in [0.15, 0.2) is 23.8 Å². The molecule has 0 N–H and O–H groups in total. The van der Waals surface area contributed by atoms with Gasteiger partial charge in [-0.15, -0.1) is 0 Å². The van der Waals surface area contributed by atoms with Gasteiger partial charge in [-0.2, -0.15) is 5.10 Å². The van der Waals surface area contributed by atoms with Gasteiger partial charge in [0.25, 0.3) is 0 Å². The summed E-state index contributed by atoms with van der Waals surface area (Å²) < 4.78 is 1.61. The van der Waals surface area contributed by atoms with Gasteiger partial charge in [0, 0.05) is 18.5 Å². The number of rotatable bonds is 2. The molecule has 0 aliphatic rings. The Morgan fingerprint density at radius 1 is 1.58 bits per heavy atom. The van der Waals surface area contributed by atoms with Crippen LogP contribution in [0.1, 0.15) is 20.8 Å². The van der Waals surface area contributed by atoms with E-state index in [1.54, 1.807) is 23.3 Å². The van der Waals surface area contributed by atoms with Crippen LogP contribution in [-0.2, 0) is 0 Å². The summed E-state index contributed by atoms with van der Waals surface area (Å²) in [5.74, 6) is 0.803. The van der Waals surface area contributed by atoms with E-state index in [-0.39, 0.29) is 0 Å². The molecular formula is C9H15N3. The Morgan fingerprint density at radius 3 is 2.75 bits per heavy atom. The number of nitrogens with zero attached hydrogens (tertiary/aromatic N) is 3. The molecule has 1 aromatic heterocycles. The molecule has 0 aromatic carbocycles. The Balaban J connectivity index is 0.000000561. The molecule has 3 heteroatoms. The van der Waals surface area contributed by atoms with Crippen LogP contribution in [0.5, 0.6) is 0 Å². The second-order valence-electron chi connectivity index (χ2n) is 1.70. The van der Waals surface area contributed by atoms with Crippen LogP contribution in [0, 0.1) is 0 Å². The number of hydrogen-bond acceptors (Lipinski definition) is 2. The van der Waals surface area contributed by atoms with Crippen molar-refractivity contribution in [1.82, 2.24) is 9.78 Å². The molecule has 0 radical (unpaired) electrons. The summed E-state index contributed by atoms with van der Waals surface area (Å²) in [5, 5.41) is 3.94. The third-order valence-electron chi connectivity index (χ3n) is 1.08. The number of hydrogen-bond donors (Lipinski definition) is 0. The normalized spacial score (nSPS) is 9.25. The first-order valence-electron chi connectivity index (χ1n) is 4.03. The highest BCUT2D eigenvalue weighted by molar-refractivity contribution is 5.59. The largest absolute Gasteiger partial charge is 0.242 e. The summed E-state index contributed by atoms with van der Waals surface area (Å²) in [6, 6.07) is 1.82. The summed E-state index contributed by atoms with van der Waals surface area (Å²) in [5.41, 5.74) is 0. The second kappa shape index (κ2) is 6.34. The van der Waals surface area contributed by atoms with Gasteiger partial charge in [-0.1, -0.05) is 20.4 Å². The molecule has 12 heavy (non-hydrogen) atoms. The smallest absolute Gasteiger partial charge is 0.154 e. The van der Waals surface area contributed by atoms with Crippen LogP contribution in [-0.4, -0.2) is 16.0 Å². The van der Waals surface area contributed by atoms with Gasteiger partial charge >= 0.3 is 0 Å². The fourth-order valence-electron chi connectivity index (χ4n) is 0.682. The van der Waals surface area contributed by atoms with Gasteiger partial charge in [0.1, 0.15) is 0 Å². The van der Waals surface area contributed by atoms with Crippen molar-refractivity contribution in [1.29, 1.82) is 0 Å². The van der Waals surface area contributed by atoms with Crippen LogP contribution >= 0.6 is 0 Å². The summed E-state index contributed by atoms with van der Waals surface area (Å²) in [6.07, 6.45) is 5.02. The number of aromatic nitrogens is 2. The minimum atomic E-state index is 0.803. The molecule has 1 aromatic rings. The lowest BCUT2D eigenvalue weighted by atomic mass is 10.6. The molecule has 0 fully saturated rings. The maximum Gasteiger partial charge on any atom is 0.154 e. The highest BCUT2D eigenvalue weighted by Gasteiger charge is 1.91. The summed E-state index contributed by atoms with van der Waals surface area (Å²) in [7, 11) is 0. The fourth-order valence-corrected chi connectivity index (χ4v) is 0.682. The Labute approximate surface area is 73.4 Å². The van der Waals surface area contributed by atoms with Crippen LogP contribution in [0.25, 0.3) is 6.20 Å². The Hall–Kier alpha value is -1.38. The third-order valence-corrected chi connectivity index (χ3v) is 1.08. The van der Waals surface area contributed by atoms with Gasteiger partial charge in [-0.25, -0.2) is 9.67 Å². The average Bonchev–Trinajstić information content (AvgIpc) is 2.56. The van der Waals surface area contributed by atoms with Crippen molar-refractivity contribution in [2.45, 2.75) is 20.8 Å². The third kappa shape index (κ3) is 2.70. The Kier molecular flexibility index (Phi) is 5.61. The molecule has 66 valence electrons. The molecule has 1 rings (SSSR count). The molecule has 0 aliphatic heterocycles. The van der Waals surface area contributed by atoms with E-state index in [4.69, 9.17) is 0 Å². The minimum Gasteiger partial charge on any atom is -0.242 e. The maximum atomic E-state index is 4.04. The fraction of sp³-hybridized carbons (Fsp3) is 0.333. The standard InChI is InChI=1S/C7H9N3.C2H6/c1-3-8-7-5-6-9-10(7)4-2;1-2/h3-6H,2H2,1H3;1-2H3/b8-3-;. The van der Waals surface area contributed by atoms with Crippen molar-refractivity contribution in [2.24, 2.45) is 4.99 Å². The average molecular weight is 165 g/mol. The molecule has 0 unspecified atom stereocenters. The highest BCUT2D eigenvalue weighted by atomic mass is 15.3. The predicted octanol–water partition coefficient (Wildman–Crippen LogP) is 2.73. The van der Waals surface area contributed by atoms with Crippen LogP contribution in [0.4, 0.5) is 5.82 Å². The topological polar surface area (TPSA) is 30.2 Å². The Morgan fingerprint density at radius 2 is 2.25 bits per heavy atom. The second-order valence-corrected chi connectivity index (χ2v) is 1.70. The summed E-state index contributed by atoms with van der Waals surface area (Å²) >= 11 is 0. The molecule has 0 saturated carbocycles. The lowest BCUT2D eigenvalue weighted by Gasteiger charge is -1.91. The molecule has 0 spiro atoms. The molecule has 0 atom stereocenters. The first-order chi connectivity index (χ1) is 5.88. The van der Waals surface area contributed by atoms with Gasteiger partial charge in [0.15, 0.2) is 5.82 Å². The van der Waals surface area contributed by atoms with Gasteiger partial charge in [0.2, 0.25) is 0 Å².